The van der Waals surface area contributed by atoms with Crippen LogP contribution >= 0.6 is 0 Å². The first-order valence-corrected chi connectivity index (χ1v) is 5.15. The minimum Gasteiger partial charge on any atom is -0.480 e. The maximum atomic E-state index is 12.9. The van der Waals surface area contributed by atoms with Crippen LogP contribution in [0.3, 0.4) is 0 Å². The van der Waals surface area contributed by atoms with Gasteiger partial charge in [0.25, 0.3) is 0 Å². The van der Waals surface area contributed by atoms with Crippen LogP contribution in [0.2, 0.25) is 0 Å². The maximum Gasteiger partial charge on any atom is 0.326 e. The van der Waals surface area contributed by atoms with Crippen molar-refractivity contribution < 1.29 is 19.1 Å². The SMILES string of the molecule is CC(=O)NC(Cc1ccc(F)cc1C)C(=O)O. The van der Waals surface area contributed by atoms with Gasteiger partial charge in [0.05, 0.1) is 0 Å². The van der Waals surface area contributed by atoms with Gasteiger partial charge >= 0.3 is 5.97 Å². The van der Waals surface area contributed by atoms with Gasteiger partial charge < -0.3 is 10.4 Å². The second-order valence-electron chi connectivity index (χ2n) is 3.87. The van der Waals surface area contributed by atoms with E-state index < -0.39 is 17.9 Å². The Kier molecular flexibility index (Phi) is 4.20. The van der Waals surface area contributed by atoms with Gasteiger partial charge in [-0.3, -0.25) is 4.79 Å². The number of carbonyl (C=O) groups is 2. The minimum atomic E-state index is -1.11. The van der Waals surface area contributed by atoms with E-state index >= 15 is 0 Å². The quantitative estimate of drug-likeness (QED) is 0.831. The number of aryl methyl sites for hydroxylation is 1. The molecule has 0 heterocycles. The number of hydrogen-bond donors (Lipinski definition) is 2. The molecular weight excluding hydrogens is 225 g/mol. The molecule has 0 saturated carbocycles. The van der Waals surface area contributed by atoms with Crippen molar-refractivity contribution in [2.75, 3.05) is 0 Å². The summed E-state index contributed by atoms with van der Waals surface area (Å²) in [5.74, 6) is -1.88. The standard InChI is InChI=1S/C12H14FNO3/c1-7-5-10(13)4-3-9(7)6-11(12(16)17)14-8(2)15/h3-5,11H,6H2,1-2H3,(H,14,15)(H,16,17). The number of aliphatic carboxylic acids is 1. The highest BCUT2D eigenvalue weighted by atomic mass is 19.1. The molecule has 0 aromatic heterocycles. The average molecular weight is 239 g/mol. The Morgan fingerprint density at radius 2 is 2.12 bits per heavy atom. The van der Waals surface area contributed by atoms with Gasteiger partial charge in [-0.05, 0) is 30.2 Å². The molecule has 17 heavy (non-hydrogen) atoms. The van der Waals surface area contributed by atoms with Gasteiger partial charge in [-0.1, -0.05) is 6.07 Å². The maximum absolute atomic E-state index is 12.9. The Morgan fingerprint density at radius 3 is 2.59 bits per heavy atom. The molecule has 0 bridgehead atoms. The molecule has 1 amide bonds. The van der Waals surface area contributed by atoms with Crippen LogP contribution in [-0.2, 0) is 16.0 Å². The molecule has 0 spiro atoms. The molecule has 1 aromatic carbocycles. The molecule has 1 aromatic rings. The van der Waals surface area contributed by atoms with Crippen molar-refractivity contribution in [3.63, 3.8) is 0 Å². The minimum absolute atomic E-state index is 0.140. The van der Waals surface area contributed by atoms with Gasteiger partial charge in [0.15, 0.2) is 0 Å². The van der Waals surface area contributed by atoms with Crippen LogP contribution in [0.25, 0.3) is 0 Å². The Hall–Kier alpha value is -1.91. The summed E-state index contributed by atoms with van der Waals surface area (Å²) < 4.78 is 12.9. The van der Waals surface area contributed by atoms with Crippen LogP contribution in [0.1, 0.15) is 18.1 Å². The summed E-state index contributed by atoms with van der Waals surface area (Å²) in [7, 11) is 0. The molecular formula is C12H14FNO3. The molecule has 0 saturated heterocycles. The van der Waals surface area contributed by atoms with Crippen molar-refractivity contribution in [1.82, 2.24) is 5.32 Å². The molecule has 0 fully saturated rings. The fraction of sp³-hybridized carbons (Fsp3) is 0.333. The molecule has 0 aliphatic heterocycles. The highest BCUT2D eigenvalue weighted by Gasteiger charge is 2.19. The summed E-state index contributed by atoms with van der Waals surface area (Å²) in [6.07, 6.45) is 0.140. The number of carbonyl (C=O) groups excluding carboxylic acids is 1. The second-order valence-corrected chi connectivity index (χ2v) is 3.87. The zero-order valence-electron chi connectivity index (χ0n) is 9.66. The number of amides is 1. The first kappa shape index (κ1) is 13.2. The predicted molar refractivity (Wildman–Crippen MR) is 60.1 cm³/mol. The van der Waals surface area contributed by atoms with E-state index in [1.165, 1.54) is 25.1 Å². The van der Waals surface area contributed by atoms with Crippen LogP contribution in [0.15, 0.2) is 18.2 Å². The summed E-state index contributed by atoms with van der Waals surface area (Å²) in [6, 6.07) is 3.15. The zero-order chi connectivity index (χ0) is 13.0. The molecule has 0 aliphatic carbocycles. The fourth-order valence-electron chi connectivity index (χ4n) is 1.55. The van der Waals surface area contributed by atoms with E-state index in [1.54, 1.807) is 6.92 Å². The first-order chi connectivity index (χ1) is 7.90. The highest BCUT2D eigenvalue weighted by molar-refractivity contribution is 5.82. The molecule has 0 radical (unpaired) electrons. The summed E-state index contributed by atoms with van der Waals surface area (Å²) in [5.41, 5.74) is 1.37. The van der Waals surface area contributed by atoms with Crippen molar-refractivity contribution >= 4 is 11.9 Å². The lowest BCUT2D eigenvalue weighted by molar-refractivity contribution is -0.141. The fourth-order valence-corrected chi connectivity index (χ4v) is 1.55. The van der Waals surface area contributed by atoms with E-state index in [4.69, 9.17) is 5.11 Å². The van der Waals surface area contributed by atoms with Gasteiger partial charge in [-0.2, -0.15) is 0 Å². The Bertz CT molecular complexity index is 445. The van der Waals surface area contributed by atoms with E-state index in [0.717, 1.165) is 0 Å². The zero-order valence-corrected chi connectivity index (χ0v) is 9.66. The smallest absolute Gasteiger partial charge is 0.326 e. The van der Waals surface area contributed by atoms with Crippen molar-refractivity contribution in [2.45, 2.75) is 26.3 Å². The normalized spacial score (nSPS) is 11.9. The molecule has 4 nitrogen and oxygen atoms in total. The summed E-state index contributed by atoms with van der Waals surface area (Å²) >= 11 is 0. The van der Waals surface area contributed by atoms with E-state index in [2.05, 4.69) is 5.32 Å². The number of carboxylic acids is 1. The molecule has 1 atom stereocenters. The molecule has 0 aliphatic rings. The van der Waals surface area contributed by atoms with Crippen LogP contribution in [0.5, 0.6) is 0 Å². The lowest BCUT2D eigenvalue weighted by Crippen LogP contribution is -2.41. The molecule has 1 rings (SSSR count). The van der Waals surface area contributed by atoms with Crippen LogP contribution in [-0.4, -0.2) is 23.0 Å². The molecule has 92 valence electrons. The molecule has 2 N–H and O–H groups in total. The number of carboxylic acid groups (broad SMARTS) is 1. The van der Waals surface area contributed by atoms with Crippen LogP contribution in [0, 0.1) is 12.7 Å². The number of rotatable bonds is 4. The number of nitrogens with one attached hydrogen (secondary N) is 1. The topological polar surface area (TPSA) is 66.4 Å². The number of hydrogen-bond acceptors (Lipinski definition) is 2. The monoisotopic (exact) mass is 239 g/mol. The summed E-state index contributed by atoms with van der Waals surface area (Å²) in [6.45, 7) is 2.96. The van der Waals surface area contributed by atoms with Crippen LogP contribution < -0.4 is 5.32 Å². The predicted octanol–water partition coefficient (Wildman–Crippen LogP) is 1.27. The van der Waals surface area contributed by atoms with E-state index in [-0.39, 0.29) is 12.2 Å². The van der Waals surface area contributed by atoms with Crippen LogP contribution in [0.4, 0.5) is 4.39 Å². The number of halogens is 1. The highest BCUT2D eigenvalue weighted by Crippen LogP contribution is 2.12. The van der Waals surface area contributed by atoms with E-state index in [1.807, 2.05) is 0 Å². The van der Waals surface area contributed by atoms with E-state index in [0.29, 0.717) is 11.1 Å². The largest absolute Gasteiger partial charge is 0.480 e. The lowest BCUT2D eigenvalue weighted by atomic mass is 10.0. The third kappa shape index (κ3) is 3.86. The average Bonchev–Trinajstić information content (AvgIpc) is 2.19. The molecule has 1 unspecified atom stereocenters. The summed E-state index contributed by atoms with van der Waals surface area (Å²) in [4.78, 5) is 21.8. The Balaban J connectivity index is 2.86. The Morgan fingerprint density at radius 1 is 1.47 bits per heavy atom. The van der Waals surface area contributed by atoms with Crippen molar-refractivity contribution in [2.24, 2.45) is 0 Å². The Labute approximate surface area is 98.5 Å². The van der Waals surface area contributed by atoms with E-state index in [9.17, 15) is 14.0 Å². The van der Waals surface area contributed by atoms with Gasteiger partial charge in [-0.25, -0.2) is 9.18 Å². The second kappa shape index (κ2) is 5.43. The van der Waals surface area contributed by atoms with Gasteiger partial charge in [0.2, 0.25) is 5.91 Å². The van der Waals surface area contributed by atoms with Gasteiger partial charge in [0.1, 0.15) is 11.9 Å². The third-order valence-corrected chi connectivity index (χ3v) is 2.40. The van der Waals surface area contributed by atoms with Gasteiger partial charge in [0, 0.05) is 13.3 Å². The van der Waals surface area contributed by atoms with Crippen molar-refractivity contribution in [3.05, 3.63) is 35.1 Å². The third-order valence-electron chi connectivity index (χ3n) is 2.40. The molecule has 5 heteroatoms. The lowest BCUT2D eigenvalue weighted by Gasteiger charge is -2.14. The van der Waals surface area contributed by atoms with Gasteiger partial charge in [-0.15, -0.1) is 0 Å². The first-order valence-electron chi connectivity index (χ1n) is 5.15. The van der Waals surface area contributed by atoms with Crippen molar-refractivity contribution in [1.29, 1.82) is 0 Å². The number of benzene rings is 1. The summed E-state index contributed by atoms with van der Waals surface area (Å²) in [5, 5.41) is 11.3. The van der Waals surface area contributed by atoms with Crippen molar-refractivity contribution in [3.8, 4) is 0 Å².